The zero-order valence-electron chi connectivity index (χ0n) is 19.0. The number of halogens is 1. The molecular formula is C26H24ClN3O3S. The monoisotopic (exact) mass is 493 g/mol. The Labute approximate surface area is 206 Å². The molecule has 174 valence electrons. The molecule has 2 heterocycles. The molecule has 0 spiro atoms. The van der Waals surface area contributed by atoms with E-state index in [1.807, 2.05) is 12.3 Å². The lowest BCUT2D eigenvalue weighted by atomic mass is 9.89. The second-order valence-corrected chi connectivity index (χ2v) is 9.81. The van der Waals surface area contributed by atoms with Crippen LogP contribution in [-0.4, -0.2) is 22.6 Å². The molecule has 34 heavy (non-hydrogen) atoms. The van der Waals surface area contributed by atoms with Gasteiger partial charge in [0.25, 0.3) is 5.56 Å². The molecule has 1 N–H and O–H groups in total. The van der Waals surface area contributed by atoms with Crippen molar-refractivity contribution in [2.45, 2.75) is 39.2 Å². The summed E-state index contributed by atoms with van der Waals surface area (Å²) in [5.74, 6) is 0.103. The van der Waals surface area contributed by atoms with Gasteiger partial charge in [-0.15, -0.1) is 11.3 Å². The summed E-state index contributed by atoms with van der Waals surface area (Å²) in [6.45, 7) is 1.69. The molecule has 4 aromatic rings. The van der Waals surface area contributed by atoms with Gasteiger partial charge in [-0.1, -0.05) is 29.8 Å². The molecule has 0 fully saturated rings. The highest BCUT2D eigenvalue weighted by molar-refractivity contribution is 7.17. The summed E-state index contributed by atoms with van der Waals surface area (Å²) in [4.78, 5) is 31.3. The van der Waals surface area contributed by atoms with E-state index in [1.54, 1.807) is 12.1 Å². The number of ether oxygens (including phenoxy) is 1. The number of carbonyl (C=O) groups is 1. The van der Waals surface area contributed by atoms with Gasteiger partial charge in [-0.3, -0.25) is 14.2 Å². The van der Waals surface area contributed by atoms with Gasteiger partial charge in [0.1, 0.15) is 17.1 Å². The maximum Gasteiger partial charge on any atom is 0.263 e. The van der Waals surface area contributed by atoms with Gasteiger partial charge in [0, 0.05) is 22.0 Å². The van der Waals surface area contributed by atoms with Crippen molar-refractivity contribution in [3.63, 3.8) is 0 Å². The number of benzene rings is 2. The van der Waals surface area contributed by atoms with Gasteiger partial charge < -0.3 is 10.1 Å². The average molecular weight is 494 g/mol. The van der Waals surface area contributed by atoms with Crippen LogP contribution in [0.25, 0.3) is 21.3 Å². The SMILES string of the molecule is COc1cc(Cl)c(C)cc1NC(=O)Cn1cnc2scc(-c3ccc4c(c3)CCCC4)c2c1=O. The maximum absolute atomic E-state index is 13.4. The molecule has 1 aliphatic rings. The third-order valence-corrected chi connectivity index (χ3v) is 7.58. The molecule has 0 unspecified atom stereocenters. The summed E-state index contributed by atoms with van der Waals surface area (Å²) in [5.41, 5.74) is 5.74. The van der Waals surface area contributed by atoms with E-state index < -0.39 is 0 Å². The predicted octanol–water partition coefficient (Wildman–Crippen LogP) is 5.61. The molecule has 0 bridgehead atoms. The normalized spacial score (nSPS) is 13.0. The van der Waals surface area contributed by atoms with Crippen molar-refractivity contribution >= 4 is 44.7 Å². The lowest BCUT2D eigenvalue weighted by Crippen LogP contribution is -2.28. The molecule has 8 heteroatoms. The van der Waals surface area contributed by atoms with Crippen LogP contribution in [0, 0.1) is 6.92 Å². The van der Waals surface area contributed by atoms with Crippen LogP contribution in [0.2, 0.25) is 5.02 Å². The number of aromatic nitrogens is 2. The minimum atomic E-state index is -0.353. The number of fused-ring (bicyclic) bond motifs is 2. The van der Waals surface area contributed by atoms with E-state index in [2.05, 4.69) is 28.5 Å². The van der Waals surface area contributed by atoms with Gasteiger partial charge in [0.15, 0.2) is 0 Å². The molecule has 0 saturated heterocycles. The van der Waals surface area contributed by atoms with Crippen molar-refractivity contribution in [3.8, 4) is 16.9 Å². The number of nitrogens with zero attached hydrogens (tertiary/aromatic N) is 2. The van der Waals surface area contributed by atoms with E-state index in [1.165, 1.54) is 53.3 Å². The van der Waals surface area contributed by atoms with Crippen LogP contribution in [0.1, 0.15) is 29.5 Å². The zero-order valence-corrected chi connectivity index (χ0v) is 20.6. The third-order valence-electron chi connectivity index (χ3n) is 6.29. The minimum absolute atomic E-state index is 0.161. The van der Waals surface area contributed by atoms with Gasteiger partial charge in [0.2, 0.25) is 5.91 Å². The Bertz CT molecular complexity index is 1470. The van der Waals surface area contributed by atoms with Crippen LogP contribution < -0.4 is 15.6 Å². The van der Waals surface area contributed by atoms with Crippen molar-refractivity contribution in [3.05, 3.63) is 74.1 Å². The first kappa shape index (κ1) is 22.6. The first-order chi connectivity index (χ1) is 16.4. The highest BCUT2D eigenvalue weighted by Gasteiger charge is 2.18. The quantitative estimate of drug-likeness (QED) is 0.392. The van der Waals surface area contributed by atoms with E-state index >= 15 is 0 Å². The number of hydrogen-bond donors (Lipinski definition) is 1. The number of hydrogen-bond acceptors (Lipinski definition) is 5. The molecule has 1 amide bonds. The van der Waals surface area contributed by atoms with Gasteiger partial charge in [0.05, 0.1) is 24.5 Å². The van der Waals surface area contributed by atoms with Gasteiger partial charge in [-0.25, -0.2) is 4.98 Å². The summed E-state index contributed by atoms with van der Waals surface area (Å²) in [6.07, 6.45) is 6.04. The van der Waals surface area contributed by atoms with E-state index in [-0.39, 0.29) is 18.0 Å². The number of anilines is 1. The Balaban J connectivity index is 1.46. The smallest absolute Gasteiger partial charge is 0.263 e. The number of thiophene rings is 1. The highest BCUT2D eigenvalue weighted by atomic mass is 35.5. The summed E-state index contributed by atoms with van der Waals surface area (Å²) >= 11 is 7.60. The molecule has 6 nitrogen and oxygen atoms in total. The van der Waals surface area contributed by atoms with Crippen molar-refractivity contribution < 1.29 is 9.53 Å². The number of amides is 1. The highest BCUT2D eigenvalue weighted by Crippen LogP contribution is 2.34. The molecule has 0 radical (unpaired) electrons. The minimum Gasteiger partial charge on any atom is -0.495 e. The van der Waals surface area contributed by atoms with Gasteiger partial charge in [-0.2, -0.15) is 0 Å². The number of rotatable bonds is 5. The fourth-order valence-electron chi connectivity index (χ4n) is 4.47. The number of aryl methyl sites for hydroxylation is 3. The fourth-order valence-corrected chi connectivity index (χ4v) is 5.53. The topological polar surface area (TPSA) is 73.2 Å². The van der Waals surface area contributed by atoms with Crippen molar-refractivity contribution in [2.24, 2.45) is 0 Å². The summed E-state index contributed by atoms with van der Waals surface area (Å²) in [5, 5.41) is 5.90. The largest absolute Gasteiger partial charge is 0.495 e. The Hall–Kier alpha value is -3.16. The Morgan fingerprint density at radius 2 is 2.00 bits per heavy atom. The summed E-state index contributed by atoms with van der Waals surface area (Å²) < 4.78 is 6.68. The summed E-state index contributed by atoms with van der Waals surface area (Å²) in [7, 11) is 1.51. The number of carbonyl (C=O) groups excluding carboxylic acids is 1. The van der Waals surface area contributed by atoms with Crippen molar-refractivity contribution in [1.29, 1.82) is 0 Å². The lowest BCUT2D eigenvalue weighted by molar-refractivity contribution is -0.116. The molecule has 0 aliphatic heterocycles. The first-order valence-electron chi connectivity index (χ1n) is 11.2. The van der Waals surface area contributed by atoms with Gasteiger partial charge in [-0.05, 0) is 60.9 Å². The Morgan fingerprint density at radius 1 is 1.21 bits per heavy atom. The van der Waals surface area contributed by atoms with Crippen LogP contribution >= 0.6 is 22.9 Å². The first-order valence-corrected chi connectivity index (χ1v) is 12.4. The third kappa shape index (κ3) is 4.21. The molecular weight excluding hydrogens is 470 g/mol. The number of nitrogens with one attached hydrogen (secondary N) is 1. The van der Waals surface area contributed by atoms with Crippen LogP contribution in [-0.2, 0) is 24.2 Å². The average Bonchev–Trinajstić information content (AvgIpc) is 3.27. The van der Waals surface area contributed by atoms with Crippen molar-refractivity contribution in [2.75, 3.05) is 12.4 Å². The molecule has 2 aromatic heterocycles. The zero-order chi connectivity index (χ0) is 23.8. The van der Waals surface area contributed by atoms with Crippen molar-refractivity contribution in [1.82, 2.24) is 9.55 Å². The maximum atomic E-state index is 13.4. The van der Waals surface area contributed by atoms with Crippen LogP contribution in [0.5, 0.6) is 5.75 Å². The Morgan fingerprint density at radius 3 is 2.79 bits per heavy atom. The van der Waals surface area contributed by atoms with E-state index in [0.717, 1.165) is 29.5 Å². The second-order valence-electron chi connectivity index (χ2n) is 8.55. The van der Waals surface area contributed by atoms with Gasteiger partial charge >= 0.3 is 0 Å². The number of methoxy groups -OCH3 is 1. The second kappa shape index (κ2) is 9.24. The standard InChI is InChI=1S/C26H24ClN3O3S/c1-15-9-21(22(33-2)11-20(15)27)29-23(31)12-30-14-28-25-24(26(30)32)19(13-34-25)18-8-7-16-5-3-4-6-17(16)10-18/h7-11,13-14H,3-6,12H2,1-2H3,(H,29,31). The molecule has 5 rings (SSSR count). The van der Waals surface area contributed by atoms with Crippen LogP contribution in [0.15, 0.2) is 46.8 Å². The van der Waals surface area contributed by atoms with Crippen LogP contribution in [0.3, 0.4) is 0 Å². The molecule has 0 saturated carbocycles. The van der Waals surface area contributed by atoms with E-state index in [9.17, 15) is 9.59 Å². The molecule has 1 aliphatic carbocycles. The van der Waals surface area contributed by atoms with E-state index in [4.69, 9.17) is 16.3 Å². The predicted molar refractivity (Wildman–Crippen MR) is 137 cm³/mol. The lowest BCUT2D eigenvalue weighted by Gasteiger charge is -2.16. The van der Waals surface area contributed by atoms with E-state index in [0.29, 0.717) is 26.7 Å². The fraction of sp³-hybridized carbons (Fsp3) is 0.269. The Kier molecular flexibility index (Phi) is 6.15. The van der Waals surface area contributed by atoms with Crippen LogP contribution in [0.4, 0.5) is 5.69 Å². The summed E-state index contributed by atoms with van der Waals surface area (Å²) in [6, 6.07) is 9.87. The molecule has 2 aromatic carbocycles. The molecule has 0 atom stereocenters.